The number of carbonyl (C=O) groups excluding carboxylic acids is 1. The van der Waals surface area contributed by atoms with Crippen LogP contribution in [0.2, 0.25) is 0 Å². The lowest BCUT2D eigenvalue weighted by molar-refractivity contribution is -0.134. The fraction of sp³-hybridized carbons (Fsp3) is 0.923. The van der Waals surface area contributed by atoms with Crippen molar-refractivity contribution >= 4 is 5.91 Å². The van der Waals surface area contributed by atoms with Crippen molar-refractivity contribution in [3.05, 3.63) is 0 Å². The highest BCUT2D eigenvalue weighted by Crippen LogP contribution is 2.24. The van der Waals surface area contributed by atoms with E-state index in [1.54, 1.807) is 0 Å². The number of nitrogens with zero attached hydrogens (tertiary/aromatic N) is 1. The van der Waals surface area contributed by atoms with Gasteiger partial charge >= 0.3 is 0 Å². The second kappa shape index (κ2) is 7.67. The van der Waals surface area contributed by atoms with Crippen LogP contribution in [-0.4, -0.2) is 47.7 Å². The van der Waals surface area contributed by atoms with Crippen molar-refractivity contribution in [2.24, 2.45) is 0 Å². The van der Waals surface area contributed by atoms with E-state index in [1.807, 2.05) is 4.90 Å². The normalized spacial score (nSPS) is 17.6. The maximum atomic E-state index is 12.1. The molecule has 0 bridgehead atoms. The molecule has 0 aromatic heterocycles. The average Bonchev–Trinajstić information content (AvgIpc) is 2.28. The van der Waals surface area contributed by atoms with Gasteiger partial charge in [0.1, 0.15) is 0 Å². The Labute approximate surface area is 104 Å². The number of aliphatic hydroxyl groups excluding tert-OH is 1. The zero-order valence-corrected chi connectivity index (χ0v) is 11.1. The summed E-state index contributed by atoms with van der Waals surface area (Å²) >= 11 is 0. The van der Waals surface area contributed by atoms with Crippen molar-refractivity contribution < 1.29 is 9.90 Å². The van der Waals surface area contributed by atoms with E-state index in [1.165, 1.54) is 6.42 Å². The standard InChI is InChI=1S/C13H26N2O2/c1-3-11(2)14-10-13(17)15(8-5-9-16)12-6-4-7-12/h11-12,14,16H,3-10H2,1-2H3. The van der Waals surface area contributed by atoms with Gasteiger partial charge in [0.05, 0.1) is 6.54 Å². The molecule has 1 rings (SSSR count). The van der Waals surface area contributed by atoms with E-state index in [9.17, 15) is 4.79 Å². The van der Waals surface area contributed by atoms with E-state index in [0.29, 0.717) is 31.6 Å². The fourth-order valence-corrected chi connectivity index (χ4v) is 1.96. The molecule has 0 aliphatic heterocycles. The van der Waals surface area contributed by atoms with Crippen LogP contribution in [0.15, 0.2) is 0 Å². The molecule has 4 nitrogen and oxygen atoms in total. The first kappa shape index (κ1) is 14.5. The molecular formula is C13H26N2O2. The summed E-state index contributed by atoms with van der Waals surface area (Å²) in [6.45, 7) is 5.49. The molecule has 0 aromatic carbocycles. The lowest BCUT2D eigenvalue weighted by Crippen LogP contribution is -2.49. The van der Waals surface area contributed by atoms with E-state index in [-0.39, 0.29) is 12.5 Å². The van der Waals surface area contributed by atoms with Crippen LogP contribution >= 0.6 is 0 Å². The molecule has 0 spiro atoms. The van der Waals surface area contributed by atoms with Gasteiger partial charge in [-0.05, 0) is 39.0 Å². The molecule has 0 radical (unpaired) electrons. The highest BCUT2D eigenvalue weighted by molar-refractivity contribution is 5.78. The Kier molecular flexibility index (Phi) is 6.52. The van der Waals surface area contributed by atoms with Gasteiger partial charge in [0.15, 0.2) is 0 Å². The largest absolute Gasteiger partial charge is 0.396 e. The van der Waals surface area contributed by atoms with Gasteiger partial charge in [-0.15, -0.1) is 0 Å². The zero-order valence-electron chi connectivity index (χ0n) is 11.1. The fourth-order valence-electron chi connectivity index (χ4n) is 1.96. The van der Waals surface area contributed by atoms with Crippen LogP contribution in [0, 0.1) is 0 Å². The van der Waals surface area contributed by atoms with Gasteiger partial charge in [0.25, 0.3) is 0 Å². The maximum Gasteiger partial charge on any atom is 0.236 e. The second-order valence-electron chi connectivity index (χ2n) is 4.94. The van der Waals surface area contributed by atoms with Gasteiger partial charge in [-0.2, -0.15) is 0 Å². The molecule has 1 aliphatic rings. The predicted molar refractivity (Wildman–Crippen MR) is 68.8 cm³/mol. The SMILES string of the molecule is CCC(C)NCC(=O)N(CCCO)C1CCC1. The third-order valence-electron chi connectivity index (χ3n) is 3.61. The minimum absolute atomic E-state index is 0.162. The van der Waals surface area contributed by atoms with Gasteiger partial charge in [0.2, 0.25) is 5.91 Å². The van der Waals surface area contributed by atoms with Crippen LogP contribution in [0.4, 0.5) is 0 Å². The van der Waals surface area contributed by atoms with Crippen molar-refractivity contribution in [2.45, 2.75) is 58.0 Å². The van der Waals surface area contributed by atoms with Crippen molar-refractivity contribution in [1.82, 2.24) is 10.2 Å². The summed E-state index contributed by atoms with van der Waals surface area (Å²) in [6, 6.07) is 0.813. The van der Waals surface area contributed by atoms with E-state index < -0.39 is 0 Å². The minimum atomic E-state index is 0.162. The predicted octanol–water partition coefficient (Wildman–Crippen LogP) is 1.14. The Morgan fingerprint density at radius 3 is 2.71 bits per heavy atom. The summed E-state index contributed by atoms with van der Waals surface area (Å²) in [5.74, 6) is 0.184. The molecule has 1 aliphatic carbocycles. The number of carbonyl (C=O) groups is 1. The second-order valence-corrected chi connectivity index (χ2v) is 4.94. The van der Waals surface area contributed by atoms with Gasteiger partial charge < -0.3 is 15.3 Å². The van der Waals surface area contributed by atoms with E-state index in [4.69, 9.17) is 5.11 Å². The summed E-state index contributed by atoms with van der Waals surface area (Å²) in [7, 11) is 0. The Morgan fingerprint density at radius 1 is 1.53 bits per heavy atom. The monoisotopic (exact) mass is 242 g/mol. The van der Waals surface area contributed by atoms with Crippen LogP contribution in [0.1, 0.15) is 46.0 Å². The van der Waals surface area contributed by atoms with Gasteiger partial charge in [0, 0.05) is 25.2 Å². The number of amides is 1. The molecule has 17 heavy (non-hydrogen) atoms. The van der Waals surface area contributed by atoms with Crippen LogP contribution in [0.25, 0.3) is 0 Å². The molecule has 2 N–H and O–H groups in total. The molecule has 100 valence electrons. The lowest BCUT2D eigenvalue weighted by Gasteiger charge is -2.38. The molecule has 1 atom stereocenters. The van der Waals surface area contributed by atoms with Crippen LogP contribution in [0.3, 0.4) is 0 Å². The first-order valence-corrected chi connectivity index (χ1v) is 6.82. The molecule has 1 amide bonds. The van der Waals surface area contributed by atoms with Crippen LogP contribution in [-0.2, 0) is 4.79 Å². The molecule has 1 unspecified atom stereocenters. The Bertz CT molecular complexity index is 229. The molecule has 4 heteroatoms. The summed E-state index contributed by atoms with van der Waals surface area (Å²) in [5.41, 5.74) is 0. The molecule has 0 aromatic rings. The van der Waals surface area contributed by atoms with Crippen molar-refractivity contribution in [3.63, 3.8) is 0 Å². The topological polar surface area (TPSA) is 52.6 Å². The first-order valence-electron chi connectivity index (χ1n) is 6.82. The Balaban J connectivity index is 2.36. The van der Waals surface area contributed by atoms with Crippen LogP contribution < -0.4 is 5.32 Å². The maximum absolute atomic E-state index is 12.1. The van der Waals surface area contributed by atoms with Crippen molar-refractivity contribution in [1.29, 1.82) is 0 Å². The van der Waals surface area contributed by atoms with Gasteiger partial charge in [-0.1, -0.05) is 6.92 Å². The van der Waals surface area contributed by atoms with Crippen molar-refractivity contribution in [2.75, 3.05) is 19.7 Å². The molecular weight excluding hydrogens is 216 g/mol. The third kappa shape index (κ3) is 4.64. The van der Waals surface area contributed by atoms with E-state index in [0.717, 1.165) is 19.3 Å². The number of nitrogens with one attached hydrogen (secondary N) is 1. The highest BCUT2D eigenvalue weighted by Gasteiger charge is 2.27. The van der Waals surface area contributed by atoms with Gasteiger partial charge in [-0.25, -0.2) is 0 Å². The summed E-state index contributed by atoms with van der Waals surface area (Å²) in [5, 5.41) is 12.1. The zero-order chi connectivity index (χ0) is 12.7. The van der Waals surface area contributed by atoms with E-state index in [2.05, 4.69) is 19.2 Å². The smallest absolute Gasteiger partial charge is 0.236 e. The summed E-state index contributed by atoms with van der Waals surface area (Å²) < 4.78 is 0. The summed E-state index contributed by atoms with van der Waals surface area (Å²) in [4.78, 5) is 14.0. The number of hydrogen-bond acceptors (Lipinski definition) is 3. The van der Waals surface area contributed by atoms with Crippen LogP contribution in [0.5, 0.6) is 0 Å². The Morgan fingerprint density at radius 2 is 2.24 bits per heavy atom. The molecule has 0 saturated heterocycles. The van der Waals surface area contributed by atoms with E-state index >= 15 is 0 Å². The number of hydrogen-bond donors (Lipinski definition) is 2. The first-order chi connectivity index (χ1) is 8.19. The average molecular weight is 242 g/mol. The third-order valence-corrected chi connectivity index (χ3v) is 3.61. The Hall–Kier alpha value is -0.610. The quantitative estimate of drug-likeness (QED) is 0.671. The molecule has 0 heterocycles. The number of aliphatic hydroxyl groups is 1. The highest BCUT2D eigenvalue weighted by atomic mass is 16.3. The summed E-state index contributed by atoms with van der Waals surface area (Å²) in [6.07, 6.45) is 5.20. The lowest BCUT2D eigenvalue weighted by atomic mass is 9.91. The molecule has 1 saturated carbocycles. The van der Waals surface area contributed by atoms with Gasteiger partial charge in [-0.3, -0.25) is 4.79 Å². The minimum Gasteiger partial charge on any atom is -0.396 e. The number of rotatable bonds is 8. The van der Waals surface area contributed by atoms with Crippen molar-refractivity contribution in [3.8, 4) is 0 Å². The molecule has 1 fully saturated rings.